The molecule has 9 heteroatoms. The average molecular weight is 476 g/mol. The molecule has 1 atom stereocenters. The second-order valence-corrected chi connectivity index (χ2v) is 8.19. The average Bonchev–Trinajstić information content (AvgIpc) is 3.09. The predicted molar refractivity (Wildman–Crippen MR) is 125 cm³/mol. The molecule has 7 nitrogen and oxygen atoms in total. The molecular weight excluding hydrogens is 444 g/mol. The van der Waals surface area contributed by atoms with Crippen LogP contribution in [0.4, 0.5) is 14.5 Å². The number of alkyl halides is 2. The predicted octanol–water partition coefficient (Wildman–Crippen LogP) is 3.79. The molecule has 1 aliphatic rings. The Morgan fingerprint density at radius 3 is 2.29 bits per heavy atom. The Kier molecular flexibility index (Phi) is 9.21. The van der Waals surface area contributed by atoms with Gasteiger partial charge >= 0.3 is 6.61 Å². The number of ether oxygens (including phenoxy) is 2. The summed E-state index contributed by atoms with van der Waals surface area (Å²) >= 11 is 0. The fourth-order valence-corrected chi connectivity index (χ4v) is 3.91. The van der Waals surface area contributed by atoms with Crippen molar-refractivity contribution < 1.29 is 27.8 Å². The number of amides is 2. The quantitative estimate of drug-likeness (QED) is 0.598. The molecule has 2 aromatic rings. The van der Waals surface area contributed by atoms with E-state index in [1.54, 1.807) is 7.11 Å². The second-order valence-electron chi connectivity index (χ2n) is 8.19. The Morgan fingerprint density at radius 2 is 1.65 bits per heavy atom. The van der Waals surface area contributed by atoms with Crippen LogP contribution in [0.3, 0.4) is 0 Å². The summed E-state index contributed by atoms with van der Waals surface area (Å²) in [6, 6.07) is 13.1. The van der Waals surface area contributed by atoms with Crippen LogP contribution in [0, 0.1) is 0 Å². The number of carbonyl (C=O) groups excluding carboxylic acids is 2. The summed E-state index contributed by atoms with van der Waals surface area (Å²) in [7, 11) is 1.62. The number of nitrogens with zero attached hydrogens (tertiary/aromatic N) is 2. The van der Waals surface area contributed by atoms with Crippen LogP contribution in [0.25, 0.3) is 0 Å². The van der Waals surface area contributed by atoms with Crippen LogP contribution in [0.15, 0.2) is 48.5 Å². The van der Waals surface area contributed by atoms with Crippen molar-refractivity contribution in [3.8, 4) is 11.5 Å². The monoisotopic (exact) mass is 475 g/mol. The molecule has 34 heavy (non-hydrogen) atoms. The van der Waals surface area contributed by atoms with E-state index in [2.05, 4.69) is 15.0 Å². The minimum atomic E-state index is -2.89. The highest BCUT2D eigenvalue weighted by atomic mass is 19.3. The first kappa shape index (κ1) is 25.4. The molecule has 0 aliphatic carbocycles. The molecule has 0 radical (unpaired) electrons. The molecule has 0 spiro atoms. The Balaban J connectivity index is 1.46. The van der Waals surface area contributed by atoms with Crippen molar-refractivity contribution in [1.29, 1.82) is 0 Å². The number of carbonyl (C=O) groups is 2. The van der Waals surface area contributed by atoms with Gasteiger partial charge in [0.2, 0.25) is 11.8 Å². The molecule has 1 heterocycles. The zero-order chi connectivity index (χ0) is 24.5. The standard InChI is InChI=1S/C25H31F2N3O4/c1-18(24(32)28-20-7-11-22(12-8-20)34-25(26)27)29-14-3-15-30(17-16-29)23(31)13-6-19-4-9-21(33-2)10-5-19/h4-5,7-12,18,25H,3,6,13-17H2,1-2H3,(H,28,32). The number of methoxy groups -OCH3 is 1. The van der Waals surface area contributed by atoms with Crippen LogP contribution in [0.2, 0.25) is 0 Å². The van der Waals surface area contributed by atoms with Gasteiger partial charge in [0.1, 0.15) is 11.5 Å². The van der Waals surface area contributed by atoms with Gasteiger partial charge in [-0.25, -0.2) is 0 Å². The second kappa shape index (κ2) is 12.3. The number of hydrogen-bond acceptors (Lipinski definition) is 5. The highest BCUT2D eigenvalue weighted by Crippen LogP contribution is 2.19. The summed E-state index contributed by atoms with van der Waals surface area (Å²) in [5, 5.41) is 2.81. The highest BCUT2D eigenvalue weighted by Gasteiger charge is 2.25. The molecule has 1 N–H and O–H groups in total. The van der Waals surface area contributed by atoms with Crippen LogP contribution < -0.4 is 14.8 Å². The highest BCUT2D eigenvalue weighted by molar-refractivity contribution is 5.94. The number of rotatable bonds is 9. The van der Waals surface area contributed by atoms with Gasteiger partial charge in [0.15, 0.2) is 0 Å². The first-order chi connectivity index (χ1) is 16.4. The van der Waals surface area contributed by atoms with Crippen LogP contribution in [0.1, 0.15) is 25.3 Å². The van der Waals surface area contributed by atoms with Gasteiger partial charge in [-0.2, -0.15) is 8.78 Å². The van der Waals surface area contributed by atoms with E-state index in [1.807, 2.05) is 36.1 Å². The van der Waals surface area contributed by atoms with E-state index in [4.69, 9.17) is 4.74 Å². The Labute approximate surface area is 198 Å². The van der Waals surface area contributed by atoms with Crippen molar-refractivity contribution in [3.05, 3.63) is 54.1 Å². The largest absolute Gasteiger partial charge is 0.497 e. The van der Waals surface area contributed by atoms with Crippen molar-refractivity contribution in [1.82, 2.24) is 9.80 Å². The van der Waals surface area contributed by atoms with Crippen molar-refractivity contribution in [2.75, 3.05) is 38.6 Å². The van der Waals surface area contributed by atoms with Gasteiger partial charge in [-0.1, -0.05) is 12.1 Å². The SMILES string of the molecule is COc1ccc(CCC(=O)N2CCCN(C(C)C(=O)Nc3ccc(OC(F)F)cc3)CC2)cc1. The molecule has 1 aliphatic heterocycles. The summed E-state index contributed by atoms with van der Waals surface area (Å²) in [6.45, 7) is 1.47. The van der Waals surface area contributed by atoms with Gasteiger partial charge in [0.05, 0.1) is 13.2 Å². The summed E-state index contributed by atoms with van der Waals surface area (Å²) < 4.78 is 34.0. The van der Waals surface area contributed by atoms with Gasteiger partial charge in [-0.15, -0.1) is 0 Å². The first-order valence-electron chi connectivity index (χ1n) is 11.4. The van der Waals surface area contributed by atoms with Crippen molar-refractivity contribution >= 4 is 17.5 Å². The fourth-order valence-electron chi connectivity index (χ4n) is 3.91. The smallest absolute Gasteiger partial charge is 0.387 e. The van der Waals surface area contributed by atoms with E-state index in [1.165, 1.54) is 24.3 Å². The molecule has 2 aromatic carbocycles. The lowest BCUT2D eigenvalue weighted by molar-refractivity contribution is -0.131. The number of benzene rings is 2. The fraction of sp³-hybridized carbons (Fsp3) is 0.440. The number of nitrogens with one attached hydrogen (secondary N) is 1. The molecule has 0 aromatic heterocycles. The lowest BCUT2D eigenvalue weighted by Crippen LogP contribution is -2.44. The summed E-state index contributed by atoms with van der Waals surface area (Å²) in [5.74, 6) is 0.742. The minimum Gasteiger partial charge on any atom is -0.497 e. The van der Waals surface area contributed by atoms with Gasteiger partial charge in [0, 0.05) is 38.3 Å². The van der Waals surface area contributed by atoms with Crippen molar-refractivity contribution in [2.24, 2.45) is 0 Å². The molecule has 2 amide bonds. The van der Waals surface area contributed by atoms with Crippen LogP contribution in [-0.4, -0.2) is 67.6 Å². The molecule has 0 bridgehead atoms. The Hall–Kier alpha value is -3.20. The van der Waals surface area contributed by atoms with Crippen molar-refractivity contribution in [3.63, 3.8) is 0 Å². The van der Waals surface area contributed by atoms with Crippen LogP contribution in [-0.2, 0) is 16.0 Å². The normalized spacial score (nSPS) is 15.5. The lowest BCUT2D eigenvalue weighted by atomic mass is 10.1. The van der Waals surface area contributed by atoms with Crippen molar-refractivity contribution in [2.45, 2.75) is 38.8 Å². The molecule has 1 unspecified atom stereocenters. The zero-order valence-corrected chi connectivity index (χ0v) is 19.5. The molecular formula is C25H31F2N3O4. The number of halogens is 2. The third-order valence-corrected chi connectivity index (χ3v) is 5.94. The van der Waals surface area contributed by atoms with E-state index in [-0.39, 0.29) is 17.6 Å². The maximum Gasteiger partial charge on any atom is 0.387 e. The van der Waals surface area contributed by atoms with E-state index >= 15 is 0 Å². The maximum absolute atomic E-state index is 12.7. The van der Waals surface area contributed by atoms with Gasteiger partial charge in [-0.05, 0) is 61.7 Å². The third-order valence-electron chi connectivity index (χ3n) is 5.94. The first-order valence-corrected chi connectivity index (χ1v) is 11.4. The Bertz CT molecular complexity index is 938. The summed E-state index contributed by atoms with van der Waals surface area (Å²) in [6.07, 6.45) is 1.89. The van der Waals surface area contributed by atoms with E-state index < -0.39 is 12.7 Å². The van der Waals surface area contributed by atoms with Crippen LogP contribution >= 0.6 is 0 Å². The van der Waals surface area contributed by atoms with Crippen LogP contribution in [0.5, 0.6) is 11.5 Å². The van der Waals surface area contributed by atoms with Gasteiger partial charge in [0.25, 0.3) is 0 Å². The maximum atomic E-state index is 12.7. The summed E-state index contributed by atoms with van der Waals surface area (Å²) in [5.41, 5.74) is 1.59. The number of aryl methyl sites for hydroxylation is 1. The molecule has 1 saturated heterocycles. The van der Waals surface area contributed by atoms with Gasteiger partial charge in [-0.3, -0.25) is 14.5 Å². The van der Waals surface area contributed by atoms with E-state index in [9.17, 15) is 18.4 Å². The number of anilines is 1. The zero-order valence-electron chi connectivity index (χ0n) is 19.5. The lowest BCUT2D eigenvalue weighted by Gasteiger charge is -2.27. The minimum absolute atomic E-state index is 0.0327. The van der Waals surface area contributed by atoms with Gasteiger partial charge < -0.3 is 19.7 Å². The molecule has 1 fully saturated rings. The number of hydrogen-bond donors (Lipinski definition) is 1. The van der Waals surface area contributed by atoms with E-state index in [0.29, 0.717) is 44.7 Å². The van der Waals surface area contributed by atoms with E-state index in [0.717, 1.165) is 17.7 Å². The Morgan fingerprint density at radius 1 is 0.971 bits per heavy atom. The molecule has 0 saturated carbocycles. The molecule has 3 rings (SSSR count). The topological polar surface area (TPSA) is 71.1 Å². The summed E-state index contributed by atoms with van der Waals surface area (Å²) in [4.78, 5) is 29.4. The third kappa shape index (κ3) is 7.41. The molecule has 184 valence electrons.